The average Bonchev–Trinajstić information content (AvgIpc) is 3.01. The largest absolute Gasteiger partial charge is 0.462 e. The van der Waals surface area contributed by atoms with Crippen molar-refractivity contribution in [1.82, 2.24) is 14.9 Å². The Morgan fingerprint density at radius 1 is 1.45 bits per heavy atom. The average molecular weight is 438 g/mol. The molecule has 1 aromatic carbocycles. The monoisotopic (exact) mass is 437 g/mol. The Hall–Kier alpha value is -2.29. The number of aromatic nitrogens is 2. The number of hydrogen-bond acceptors (Lipinski definition) is 6. The molecule has 2 heterocycles. The summed E-state index contributed by atoms with van der Waals surface area (Å²) in [6, 6.07) is 4.22. The van der Waals surface area contributed by atoms with Crippen LogP contribution in [0.2, 0.25) is 5.02 Å². The van der Waals surface area contributed by atoms with E-state index in [9.17, 15) is 14.0 Å². The molecule has 0 fully saturated rings. The summed E-state index contributed by atoms with van der Waals surface area (Å²) >= 11 is 7.25. The summed E-state index contributed by atoms with van der Waals surface area (Å²) in [5, 5.41) is 0.725. The molecule has 154 valence electrons. The lowest BCUT2D eigenvalue weighted by Crippen LogP contribution is -2.26. The molecule has 0 radical (unpaired) electrons. The van der Waals surface area contributed by atoms with Gasteiger partial charge in [0.1, 0.15) is 21.3 Å². The van der Waals surface area contributed by atoms with Gasteiger partial charge in [-0.2, -0.15) is 0 Å². The molecule has 9 heteroatoms. The first kappa shape index (κ1) is 21.4. The third-order valence-electron chi connectivity index (χ3n) is 4.81. The molecule has 2 aromatic heterocycles. The molecule has 0 saturated heterocycles. The van der Waals surface area contributed by atoms with Crippen LogP contribution in [0.25, 0.3) is 10.2 Å². The van der Waals surface area contributed by atoms with E-state index in [-0.39, 0.29) is 30.6 Å². The summed E-state index contributed by atoms with van der Waals surface area (Å²) in [7, 11) is 1.79. The highest BCUT2D eigenvalue weighted by atomic mass is 35.5. The van der Waals surface area contributed by atoms with Crippen molar-refractivity contribution in [3.05, 3.63) is 61.2 Å². The number of nitrogens with zero attached hydrogens (tertiary/aromatic N) is 2. The van der Waals surface area contributed by atoms with Gasteiger partial charge in [-0.15, -0.1) is 11.3 Å². The Kier molecular flexibility index (Phi) is 6.36. The van der Waals surface area contributed by atoms with E-state index >= 15 is 0 Å². The number of nitrogens with one attached hydrogen (secondary N) is 1. The number of esters is 1. The minimum Gasteiger partial charge on any atom is -0.462 e. The Balaban J connectivity index is 1.95. The molecule has 6 nitrogen and oxygen atoms in total. The van der Waals surface area contributed by atoms with Gasteiger partial charge in [0.15, 0.2) is 0 Å². The van der Waals surface area contributed by atoms with Crippen LogP contribution in [0.1, 0.15) is 46.5 Å². The number of benzene rings is 1. The van der Waals surface area contributed by atoms with E-state index in [0.717, 1.165) is 11.3 Å². The minimum absolute atomic E-state index is 0.242. The van der Waals surface area contributed by atoms with Crippen LogP contribution >= 0.6 is 22.9 Å². The number of thiophene rings is 1. The van der Waals surface area contributed by atoms with Crippen molar-refractivity contribution in [2.75, 3.05) is 13.7 Å². The lowest BCUT2D eigenvalue weighted by atomic mass is 10.1. The zero-order valence-corrected chi connectivity index (χ0v) is 18.1. The fourth-order valence-electron chi connectivity index (χ4n) is 3.03. The number of aryl methyl sites for hydroxylation is 1. The van der Waals surface area contributed by atoms with Gasteiger partial charge in [-0.3, -0.25) is 9.69 Å². The van der Waals surface area contributed by atoms with Gasteiger partial charge in [-0.05, 0) is 45.5 Å². The first-order valence-electron chi connectivity index (χ1n) is 9.08. The van der Waals surface area contributed by atoms with Crippen LogP contribution in [0.4, 0.5) is 4.39 Å². The van der Waals surface area contributed by atoms with E-state index < -0.39 is 5.97 Å². The van der Waals surface area contributed by atoms with E-state index in [2.05, 4.69) is 9.97 Å². The Morgan fingerprint density at radius 2 is 2.17 bits per heavy atom. The van der Waals surface area contributed by atoms with Gasteiger partial charge in [0, 0.05) is 17.1 Å². The lowest BCUT2D eigenvalue weighted by molar-refractivity contribution is 0.0531. The van der Waals surface area contributed by atoms with E-state index in [1.165, 1.54) is 6.07 Å². The molecule has 29 heavy (non-hydrogen) atoms. The number of fused-ring (bicyclic) bond motifs is 1. The number of ether oxygens (including phenoxy) is 1. The molecule has 3 aromatic rings. The second kappa shape index (κ2) is 8.61. The van der Waals surface area contributed by atoms with E-state index in [1.54, 1.807) is 33.0 Å². The quantitative estimate of drug-likeness (QED) is 0.576. The molecule has 1 atom stereocenters. The maximum atomic E-state index is 14.1. The molecule has 0 saturated carbocycles. The van der Waals surface area contributed by atoms with Crippen LogP contribution in [-0.4, -0.2) is 34.5 Å². The molecule has 0 unspecified atom stereocenters. The number of halogens is 2. The van der Waals surface area contributed by atoms with Crippen molar-refractivity contribution in [3.63, 3.8) is 0 Å². The number of hydrogen-bond donors (Lipinski definition) is 1. The Labute approximate surface area is 176 Å². The van der Waals surface area contributed by atoms with Gasteiger partial charge in [-0.1, -0.05) is 17.7 Å². The van der Waals surface area contributed by atoms with Gasteiger partial charge < -0.3 is 9.72 Å². The summed E-state index contributed by atoms with van der Waals surface area (Å²) in [4.78, 5) is 34.8. The van der Waals surface area contributed by atoms with Crippen molar-refractivity contribution < 1.29 is 13.9 Å². The lowest BCUT2D eigenvalue weighted by Gasteiger charge is -2.24. The van der Waals surface area contributed by atoms with Gasteiger partial charge in [0.2, 0.25) is 0 Å². The number of H-pyrrole nitrogens is 1. The van der Waals surface area contributed by atoms with E-state index in [4.69, 9.17) is 16.3 Å². The van der Waals surface area contributed by atoms with Crippen molar-refractivity contribution >= 4 is 39.1 Å². The molecule has 0 amide bonds. The summed E-state index contributed by atoms with van der Waals surface area (Å²) in [6.07, 6.45) is 0. The molecule has 0 aliphatic heterocycles. The van der Waals surface area contributed by atoms with Gasteiger partial charge in [-0.25, -0.2) is 14.2 Å². The molecule has 0 aliphatic carbocycles. The summed E-state index contributed by atoms with van der Waals surface area (Å²) in [5.74, 6) is -0.427. The maximum Gasteiger partial charge on any atom is 0.348 e. The zero-order chi connectivity index (χ0) is 21.3. The normalized spacial score (nSPS) is 12.5. The summed E-state index contributed by atoms with van der Waals surface area (Å²) in [5.41, 5.74) is 0.616. The smallest absolute Gasteiger partial charge is 0.348 e. The molecule has 0 bridgehead atoms. The zero-order valence-electron chi connectivity index (χ0n) is 16.5. The highest BCUT2D eigenvalue weighted by molar-refractivity contribution is 7.20. The Bertz CT molecular complexity index is 1110. The molecular weight excluding hydrogens is 417 g/mol. The van der Waals surface area contributed by atoms with E-state index in [0.29, 0.717) is 37.1 Å². The first-order chi connectivity index (χ1) is 13.7. The minimum atomic E-state index is -0.465. The third kappa shape index (κ3) is 4.19. The predicted octanol–water partition coefficient (Wildman–Crippen LogP) is 4.46. The SMILES string of the molecule is CCOC(=O)c1sc2nc([C@@H](C)N(C)Cc3c(F)cccc3Cl)[nH]c(=O)c2c1C. The second-order valence-corrected chi connectivity index (χ2v) is 8.11. The topological polar surface area (TPSA) is 75.3 Å². The Morgan fingerprint density at radius 3 is 2.83 bits per heavy atom. The van der Waals surface area contributed by atoms with Crippen LogP contribution in [-0.2, 0) is 11.3 Å². The number of carbonyl (C=O) groups is 1. The highest BCUT2D eigenvalue weighted by Gasteiger charge is 2.23. The van der Waals surface area contributed by atoms with Crippen molar-refractivity contribution in [1.29, 1.82) is 0 Å². The number of carbonyl (C=O) groups excluding carboxylic acids is 1. The van der Waals surface area contributed by atoms with Crippen molar-refractivity contribution in [2.45, 2.75) is 33.4 Å². The van der Waals surface area contributed by atoms with Crippen LogP contribution < -0.4 is 5.56 Å². The van der Waals surface area contributed by atoms with Crippen molar-refractivity contribution in [3.8, 4) is 0 Å². The second-order valence-electron chi connectivity index (χ2n) is 6.70. The van der Waals surface area contributed by atoms with Crippen LogP contribution in [0.3, 0.4) is 0 Å². The molecular formula is C20H21ClFN3O3S. The molecule has 3 rings (SSSR count). The van der Waals surface area contributed by atoms with Crippen LogP contribution in [0.15, 0.2) is 23.0 Å². The van der Waals surface area contributed by atoms with Crippen LogP contribution in [0.5, 0.6) is 0 Å². The fraction of sp³-hybridized carbons (Fsp3) is 0.350. The summed E-state index contributed by atoms with van der Waals surface area (Å²) < 4.78 is 19.2. The van der Waals surface area contributed by atoms with Gasteiger partial charge >= 0.3 is 5.97 Å². The third-order valence-corrected chi connectivity index (χ3v) is 6.33. The predicted molar refractivity (Wildman–Crippen MR) is 112 cm³/mol. The number of rotatable bonds is 6. The standard InChI is InChI=1S/C20H21ClFN3O3S/c1-5-28-20(27)16-10(2)15-18(26)23-17(24-19(15)29-16)11(3)25(4)9-12-13(21)7-6-8-14(12)22/h6-8,11H,5,9H2,1-4H3,(H,23,24,26)/t11-/m1/s1. The fourth-order valence-corrected chi connectivity index (χ4v) is 4.33. The first-order valence-corrected chi connectivity index (χ1v) is 10.3. The maximum absolute atomic E-state index is 14.1. The molecule has 1 N–H and O–H groups in total. The number of aromatic amines is 1. The highest BCUT2D eigenvalue weighted by Crippen LogP contribution is 2.29. The molecule has 0 aliphatic rings. The van der Waals surface area contributed by atoms with Gasteiger partial charge in [0.05, 0.1) is 18.0 Å². The van der Waals surface area contributed by atoms with Gasteiger partial charge in [0.25, 0.3) is 5.56 Å². The molecule has 0 spiro atoms. The van der Waals surface area contributed by atoms with Crippen LogP contribution in [0, 0.1) is 12.7 Å². The van der Waals surface area contributed by atoms with E-state index in [1.807, 2.05) is 11.8 Å². The van der Waals surface area contributed by atoms with Crippen molar-refractivity contribution in [2.24, 2.45) is 0 Å². The summed E-state index contributed by atoms with van der Waals surface area (Å²) in [6.45, 7) is 5.78.